The first-order valence-electron chi connectivity index (χ1n) is 7.91. The maximum absolute atomic E-state index is 12.9. The highest BCUT2D eigenvalue weighted by molar-refractivity contribution is 6.11. The summed E-state index contributed by atoms with van der Waals surface area (Å²) in [5.74, 6) is -0.584. The van der Waals surface area contributed by atoms with Gasteiger partial charge in [0.05, 0.1) is 16.6 Å². The molecule has 0 fully saturated rings. The molecule has 0 saturated heterocycles. The van der Waals surface area contributed by atoms with Crippen molar-refractivity contribution < 1.29 is 9.90 Å². The van der Waals surface area contributed by atoms with Crippen LogP contribution in [-0.4, -0.2) is 15.6 Å². The van der Waals surface area contributed by atoms with E-state index < -0.39 is 5.91 Å². The van der Waals surface area contributed by atoms with Crippen LogP contribution in [-0.2, 0) is 6.54 Å². The molecule has 0 unspecified atom stereocenters. The van der Waals surface area contributed by atoms with Crippen LogP contribution in [0.1, 0.15) is 22.8 Å². The van der Waals surface area contributed by atoms with Gasteiger partial charge in [-0.2, -0.15) is 0 Å². The minimum absolute atomic E-state index is 0.0845. The number of pyridine rings is 1. The van der Waals surface area contributed by atoms with Crippen LogP contribution in [0.4, 0.5) is 5.69 Å². The summed E-state index contributed by atoms with van der Waals surface area (Å²) < 4.78 is 1.56. The Morgan fingerprint density at radius 1 is 1.28 bits per heavy atom. The van der Waals surface area contributed by atoms with Gasteiger partial charge in [0.1, 0.15) is 5.75 Å². The van der Waals surface area contributed by atoms with Crippen molar-refractivity contribution in [2.75, 3.05) is 5.73 Å². The highest BCUT2D eigenvalue weighted by Gasteiger charge is 2.20. The van der Waals surface area contributed by atoms with Crippen molar-refractivity contribution in [2.45, 2.75) is 20.4 Å². The highest BCUT2D eigenvalue weighted by Crippen LogP contribution is 2.38. The number of hydrogen-bond acceptors (Lipinski definition) is 4. The average molecular weight is 337 g/mol. The largest absolute Gasteiger partial charge is 0.508 e. The number of fused-ring (bicyclic) bond motifs is 1. The van der Waals surface area contributed by atoms with Crippen LogP contribution >= 0.6 is 0 Å². The Morgan fingerprint density at radius 2 is 2.00 bits per heavy atom. The molecule has 1 heterocycles. The van der Waals surface area contributed by atoms with E-state index in [1.807, 2.05) is 6.92 Å². The first-order chi connectivity index (χ1) is 11.9. The van der Waals surface area contributed by atoms with Crippen LogP contribution in [0.15, 0.2) is 41.3 Å². The Morgan fingerprint density at radius 3 is 2.64 bits per heavy atom. The topological polar surface area (TPSA) is 111 Å². The second-order valence-electron chi connectivity index (χ2n) is 5.90. The van der Waals surface area contributed by atoms with E-state index in [0.717, 1.165) is 0 Å². The van der Waals surface area contributed by atoms with E-state index in [4.69, 9.17) is 11.5 Å². The van der Waals surface area contributed by atoms with Gasteiger partial charge in [-0.05, 0) is 48.6 Å². The Hall–Kier alpha value is -3.28. The van der Waals surface area contributed by atoms with Gasteiger partial charge in [0.25, 0.3) is 11.5 Å². The Kier molecular flexibility index (Phi) is 3.96. The molecule has 0 bridgehead atoms. The molecular formula is C19H19N3O3. The van der Waals surface area contributed by atoms with Crippen molar-refractivity contribution in [3.63, 3.8) is 0 Å². The Bertz CT molecular complexity index is 1070. The third kappa shape index (κ3) is 2.52. The van der Waals surface area contributed by atoms with Gasteiger partial charge in [-0.25, -0.2) is 0 Å². The molecule has 128 valence electrons. The molecule has 2 aromatic carbocycles. The van der Waals surface area contributed by atoms with E-state index in [0.29, 0.717) is 34.0 Å². The van der Waals surface area contributed by atoms with Gasteiger partial charge in [0.2, 0.25) is 0 Å². The van der Waals surface area contributed by atoms with Crippen LogP contribution in [0.5, 0.6) is 5.75 Å². The predicted octanol–water partition coefficient (Wildman–Crippen LogP) is 2.38. The number of carbonyl (C=O) groups is 1. The number of aromatic nitrogens is 1. The normalized spacial score (nSPS) is 11.0. The lowest BCUT2D eigenvalue weighted by molar-refractivity contribution is 0.100. The summed E-state index contributed by atoms with van der Waals surface area (Å²) >= 11 is 0. The van der Waals surface area contributed by atoms with Crippen molar-refractivity contribution in [2.24, 2.45) is 5.73 Å². The van der Waals surface area contributed by atoms with Crippen LogP contribution in [0, 0.1) is 6.92 Å². The van der Waals surface area contributed by atoms with E-state index in [2.05, 4.69) is 0 Å². The Labute approximate surface area is 144 Å². The van der Waals surface area contributed by atoms with Crippen molar-refractivity contribution in [1.29, 1.82) is 0 Å². The van der Waals surface area contributed by atoms with Crippen LogP contribution in [0.3, 0.4) is 0 Å². The number of aromatic hydroxyl groups is 1. The number of amides is 1. The number of nitrogens with zero attached hydrogens (tertiary/aromatic N) is 1. The number of rotatable bonds is 3. The number of phenols is 1. The second kappa shape index (κ2) is 5.98. The number of primary amides is 1. The zero-order valence-corrected chi connectivity index (χ0v) is 14.0. The maximum Gasteiger partial charge on any atom is 0.259 e. The molecule has 0 aliphatic rings. The molecule has 3 aromatic rings. The first kappa shape index (κ1) is 16.6. The number of anilines is 1. The maximum atomic E-state index is 12.9. The fourth-order valence-corrected chi connectivity index (χ4v) is 3.09. The van der Waals surface area contributed by atoms with Crippen molar-refractivity contribution in [1.82, 2.24) is 4.57 Å². The van der Waals surface area contributed by atoms with Gasteiger partial charge in [-0.1, -0.05) is 12.1 Å². The summed E-state index contributed by atoms with van der Waals surface area (Å²) in [7, 11) is 0. The van der Waals surface area contributed by atoms with E-state index >= 15 is 0 Å². The van der Waals surface area contributed by atoms with Crippen molar-refractivity contribution >= 4 is 22.4 Å². The SMILES string of the molecule is CCn1ccc2cc(C(N)=O)c(N)c(-c3cccc(O)c3C)c2c1=O. The lowest BCUT2D eigenvalue weighted by atomic mass is 9.91. The zero-order chi connectivity index (χ0) is 18.3. The van der Waals surface area contributed by atoms with E-state index in [1.165, 1.54) is 6.07 Å². The molecular weight excluding hydrogens is 318 g/mol. The third-order valence-electron chi connectivity index (χ3n) is 4.49. The smallest absolute Gasteiger partial charge is 0.259 e. The zero-order valence-electron chi connectivity index (χ0n) is 14.0. The van der Waals surface area contributed by atoms with Crippen molar-refractivity contribution in [3.8, 4) is 16.9 Å². The Balaban J connectivity index is 2.58. The molecule has 6 heteroatoms. The van der Waals surface area contributed by atoms with Crippen LogP contribution < -0.4 is 17.0 Å². The van der Waals surface area contributed by atoms with Gasteiger partial charge >= 0.3 is 0 Å². The summed E-state index contributed by atoms with van der Waals surface area (Å²) in [6.07, 6.45) is 1.67. The summed E-state index contributed by atoms with van der Waals surface area (Å²) in [6.45, 7) is 4.10. The van der Waals surface area contributed by atoms with Gasteiger partial charge in [-0.3, -0.25) is 9.59 Å². The predicted molar refractivity (Wildman–Crippen MR) is 98.7 cm³/mol. The fourth-order valence-electron chi connectivity index (χ4n) is 3.09. The fraction of sp³-hybridized carbons (Fsp3) is 0.158. The quantitative estimate of drug-likeness (QED) is 0.637. The lowest BCUT2D eigenvalue weighted by Crippen LogP contribution is -2.21. The molecule has 25 heavy (non-hydrogen) atoms. The molecule has 1 amide bonds. The number of nitrogen functional groups attached to an aromatic ring is 1. The van der Waals surface area contributed by atoms with Crippen LogP contribution in [0.25, 0.3) is 21.9 Å². The molecule has 0 saturated carbocycles. The number of carbonyl (C=O) groups excluding carboxylic acids is 1. The molecule has 0 aliphatic heterocycles. The summed E-state index contributed by atoms with van der Waals surface area (Å²) in [5.41, 5.74) is 13.4. The number of phenolic OH excluding ortho intramolecular Hbond substituents is 1. The molecule has 0 aliphatic carbocycles. The number of nitrogens with two attached hydrogens (primary N) is 2. The first-order valence-corrected chi connectivity index (χ1v) is 7.91. The van der Waals surface area contributed by atoms with Gasteiger partial charge < -0.3 is 21.1 Å². The molecule has 0 radical (unpaired) electrons. The number of hydrogen-bond donors (Lipinski definition) is 3. The minimum Gasteiger partial charge on any atom is -0.508 e. The van der Waals surface area contributed by atoms with Gasteiger partial charge in [-0.15, -0.1) is 0 Å². The minimum atomic E-state index is -0.668. The van der Waals surface area contributed by atoms with E-state index in [-0.39, 0.29) is 22.6 Å². The molecule has 6 nitrogen and oxygen atoms in total. The number of aryl methyl sites for hydroxylation is 1. The van der Waals surface area contributed by atoms with Crippen molar-refractivity contribution in [3.05, 3.63) is 58.0 Å². The van der Waals surface area contributed by atoms with E-state index in [9.17, 15) is 14.7 Å². The second-order valence-corrected chi connectivity index (χ2v) is 5.90. The highest BCUT2D eigenvalue weighted by atomic mass is 16.3. The van der Waals surface area contributed by atoms with Gasteiger partial charge in [0, 0.05) is 18.3 Å². The van der Waals surface area contributed by atoms with E-state index in [1.54, 1.807) is 42.0 Å². The number of benzene rings is 2. The standard InChI is InChI=1S/C19H19N3O3/c1-3-22-8-7-11-9-13(18(21)24)17(20)16(15(11)19(22)25)12-5-4-6-14(23)10(12)2/h4-9,23H,3,20H2,1-2H3,(H2,21,24). The van der Waals surface area contributed by atoms with Crippen LogP contribution in [0.2, 0.25) is 0 Å². The summed E-state index contributed by atoms with van der Waals surface area (Å²) in [5, 5.41) is 11.0. The summed E-state index contributed by atoms with van der Waals surface area (Å²) in [4.78, 5) is 24.7. The monoisotopic (exact) mass is 337 g/mol. The van der Waals surface area contributed by atoms with Gasteiger partial charge in [0.15, 0.2) is 0 Å². The summed E-state index contributed by atoms with van der Waals surface area (Å²) in [6, 6.07) is 8.28. The third-order valence-corrected chi connectivity index (χ3v) is 4.49. The molecule has 1 aromatic heterocycles. The molecule has 0 spiro atoms. The molecule has 0 atom stereocenters. The molecule has 5 N–H and O–H groups in total. The lowest BCUT2D eigenvalue weighted by Gasteiger charge is -2.16. The molecule has 3 rings (SSSR count). The average Bonchev–Trinajstić information content (AvgIpc) is 2.58.